The lowest BCUT2D eigenvalue weighted by atomic mass is 10.1. The third-order valence-corrected chi connectivity index (χ3v) is 4.79. The van der Waals surface area contributed by atoms with Gasteiger partial charge in [0.05, 0.1) is 0 Å². The van der Waals surface area contributed by atoms with E-state index in [1.807, 2.05) is 0 Å². The second-order valence-corrected chi connectivity index (χ2v) is 6.72. The number of fused-ring (bicyclic) bond motifs is 1. The standard InChI is InChI=1S/C14H18FN7O5/c1-5(2)7(17)10(23)27-13-8(15)9(22-4-3-6(16)19-12(22)25)26-14(13,11(13)24)20-21-18/h3-5,7-9,11,24H,17H2,1-2H3,(H2,16,19,25)/t7?,8-,9+,11?,13+,14?/m0/s1. The molecular formula is C14H18FN7O5. The Labute approximate surface area is 151 Å². The van der Waals surface area contributed by atoms with Crippen LogP contribution < -0.4 is 17.2 Å². The number of anilines is 1. The van der Waals surface area contributed by atoms with E-state index in [9.17, 15) is 14.7 Å². The molecule has 146 valence electrons. The molecule has 2 aliphatic rings. The predicted octanol–water partition coefficient (Wildman–Crippen LogP) is -0.661. The number of ether oxygens (including phenoxy) is 2. The molecule has 2 heterocycles. The lowest BCUT2D eigenvalue weighted by molar-refractivity contribution is -0.162. The van der Waals surface area contributed by atoms with E-state index in [4.69, 9.17) is 26.5 Å². The Morgan fingerprint density at radius 3 is 2.85 bits per heavy atom. The van der Waals surface area contributed by atoms with Gasteiger partial charge < -0.3 is 26.0 Å². The van der Waals surface area contributed by atoms with Gasteiger partial charge in [0.2, 0.25) is 11.3 Å². The van der Waals surface area contributed by atoms with Gasteiger partial charge in [0, 0.05) is 11.1 Å². The van der Waals surface area contributed by atoms with Crippen LogP contribution in [0.15, 0.2) is 22.2 Å². The van der Waals surface area contributed by atoms with Gasteiger partial charge in [-0.1, -0.05) is 19.0 Å². The van der Waals surface area contributed by atoms with Crippen LogP contribution in [0, 0.1) is 5.92 Å². The van der Waals surface area contributed by atoms with Gasteiger partial charge in [0.25, 0.3) is 0 Å². The molecule has 3 unspecified atom stereocenters. The zero-order valence-corrected chi connectivity index (χ0v) is 14.4. The van der Waals surface area contributed by atoms with Crippen molar-refractivity contribution < 1.29 is 23.8 Å². The van der Waals surface area contributed by atoms with Gasteiger partial charge in [0.1, 0.15) is 18.0 Å². The Kier molecular flexibility index (Phi) is 4.35. The summed E-state index contributed by atoms with van der Waals surface area (Å²) in [6.45, 7) is 3.29. The molecule has 0 amide bonds. The molecule has 1 aliphatic carbocycles. The summed E-state index contributed by atoms with van der Waals surface area (Å²) >= 11 is 0. The first-order valence-corrected chi connectivity index (χ1v) is 8.01. The van der Waals surface area contributed by atoms with E-state index in [0.717, 1.165) is 10.8 Å². The highest BCUT2D eigenvalue weighted by atomic mass is 19.1. The number of aliphatic hydroxyl groups excluding tert-OH is 1. The molecule has 6 atom stereocenters. The minimum absolute atomic E-state index is 0.0938. The highest BCUT2D eigenvalue weighted by Gasteiger charge is 2.92. The average molecular weight is 383 g/mol. The molecular weight excluding hydrogens is 365 g/mol. The van der Waals surface area contributed by atoms with Gasteiger partial charge in [-0.15, -0.1) is 0 Å². The van der Waals surface area contributed by atoms with Crippen molar-refractivity contribution in [3.63, 3.8) is 0 Å². The lowest BCUT2D eigenvalue weighted by Gasteiger charge is -2.24. The van der Waals surface area contributed by atoms with E-state index in [-0.39, 0.29) is 11.7 Å². The summed E-state index contributed by atoms with van der Waals surface area (Å²) in [4.78, 5) is 30.2. The quantitative estimate of drug-likeness (QED) is 0.258. The molecule has 13 heteroatoms. The number of hydrogen-bond donors (Lipinski definition) is 3. The van der Waals surface area contributed by atoms with Gasteiger partial charge in [-0.2, -0.15) is 4.98 Å². The third-order valence-electron chi connectivity index (χ3n) is 4.79. The van der Waals surface area contributed by atoms with Gasteiger partial charge >= 0.3 is 11.7 Å². The Bertz CT molecular complexity index is 887. The van der Waals surface area contributed by atoms with Crippen molar-refractivity contribution in [2.24, 2.45) is 16.8 Å². The second-order valence-electron chi connectivity index (χ2n) is 6.72. The summed E-state index contributed by atoms with van der Waals surface area (Å²) in [5.41, 5.74) is 14.4. The number of hydrogen-bond acceptors (Lipinski definition) is 9. The number of nitrogen functional groups attached to an aromatic ring is 1. The Balaban J connectivity index is 2.00. The number of rotatable bonds is 5. The summed E-state index contributed by atoms with van der Waals surface area (Å²) in [6.07, 6.45) is -4.56. The largest absolute Gasteiger partial charge is 0.448 e. The fourth-order valence-corrected chi connectivity index (χ4v) is 3.10. The summed E-state index contributed by atoms with van der Waals surface area (Å²) in [7, 11) is 0. The van der Waals surface area contributed by atoms with Crippen molar-refractivity contribution in [3.8, 4) is 0 Å². The van der Waals surface area contributed by atoms with E-state index in [0.29, 0.717) is 0 Å². The molecule has 27 heavy (non-hydrogen) atoms. The fraction of sp³-hybridized carbons (Fsp3) is 0.643. The molecule has 0 bridgehead atoms. The Hall–Kier alpha value is -2.73. The second kappa shape index (κ2) is 6.16. The van der Waals surface area contributed by atoms with Crippen LogP contribution in [0.3, 0.4) is 0 Å². The van der Waals surface area contributed by atoms with Gasteiger partial charge in [-0.05, 0) is 17.5 Å². The molecule has 0 spiro atoms. The first-order valence-electron chi connectivity index (χ1n) is 8.01. The lowest BCUT2D eigenvalue weighted by Crippen LogP contribution is -2.45. The van der Waals surface area contributed by atoms with Crippen molar-refractivity contribution in [2.75, 3.05) is 5.73 Å². The summed E-state index contributed by atoms with van der Waals surface area (Å²) in [6, 6.07) is 0.119. The van der Waals surface area contributed by atoms with Crippen molar-refractivity contribution in [1.82, 2.24) is 9.55 Å². The van der Waals surface area contributed by atoms with E-state index >= 15 is 4.39 Å². The number of nitrogens with two attached hydrogens (primary N) is 2. The Morgan fingerprint density at radius 1 is 1.63 bits per heavy atom. The number of aliphatic hydroxyl groups is 1. The van der Waals surface area contributed by atoms with Crippen molar-refractivity contribution in [2.45, 2.75) is 49.7 Å². The zero-order valence-electron chi connectivity index (χ0n) is 14.4. The average Bonchev–Trinajstić information content (AvgIpc) is 2.97. The van der Waals surface area contributed by atoms with Crippen LogP contribution in [0.2, 0.25) is 0 Å². The van der Waals surface area contributed by atoms with Gasteiger partial charge in [-0.25, -0.2) is 9.18 Å². The number of nitrogens with zero attached hydrogens (tertiary/aromatic N) is 5. The first kappa shape index (κ1) is 19.0. The van der Waals surface area contributed by atoms with E-state index in [1.165, 1.54) is 6.07 Å². The molecule has 1 saturated carbocycles. The Morgan fingerprint density at radius 2 is 2.30 bits per heavy atom. The zero-order chi connectivity index (χ0) is 20.1. The first-order chi connectivity index (χ1) is 12.6. The van der Waals surface area contributed by atoms with Crippen molar-refractivity contribution in [1.29, 1.82) is 0 Å². The summed E-state index contributed by atoms with van der Waals surface area (Å²) in [5.74, 6) is -1.43. The van der Waals surface area contributed by atoms with E-state index in [1.54, 1.807) is 13.8 Å². The molecule has 0 radical (unpaired) electrons. The van der Waals surface area contributed by atoms with Crippen LogP contribution in [-0.4, -0.2) is 50.3 Å². The molecule has 0 aromatic carbocycles. The predicted molar refractivity (Wildman–Crippen MR) is 87.4 cm³/mol. The molecule has 1 aromatic rings. The number of esters is 1. The van der Waals surface area contributed by atoms with Crippen LogP contribution >= 0.6 is 0 Å². The molecule has 1 saturated heterocycles. The van der Waals surface area contributed by atoms with Crippen molar-refractivity contribution in [3.05, 3.63) is 33.2 Å². The number of carbonyl (C=O) groups is 1. The molecule has 12 nitrogen and oxygen atoms in total. The number of carbonyl (C=O) groups excluding carboxylic acids is 1. The molecule has 2 fully saturated rings. The monoisotopic (exact) mass is 383 g/mol. The highest BCUT2D eigenvalue weighted by molar-refractivity contribution is 5.77. The fourth-order valence-electron chi connectivity index (χ4n) is 3.10. The van der Waals surface area contributed by atoms with Crippen LogP contribution in [0.5, 0.6) is 0 Å². The minimum Gasteiger partial charge on any atom is -0.448 e. The number of alkyl halides is 1. The third kappa shape index (κ3) is 2.47. The number of azide groups is 1. The van der Waals surface area contributed by atoms with Crippen LogP contribution in [0.4, 0.5) is 10.2 Å². The molecule has 3 rings (SSSR count). The molecule has 5 N–H and O–H groups in total. The minimum atomic E-state index is -2.33. The topological polar surface area (TPSA) is 191 Å². The normalized spacial score (nSPS) is 35.3. The smallest absolute Gasteiger partial charge is 0.351 e. The highest BCUT2D eigenvalue weighted by Crippen LogP contribution is 2.66. The maximum Gasteiger partial charge on any atom is 0.351 e. The SMILES string of the molecule is CC(C)C(N)C(=O)O[C@]12C(O)C1(N=[N+]=[N-])O[C@@H](n1ccc(N)nc1=O)[C@@H]2F. The maximum absolute atomic E-state index is 15.3. The van der Waals surface area contributed by atoms with Crippen LogP contribution in [0.1, 0.15) is 20.1 Å². The summed E-state index contributed by atoms with van der Waals surface area (Å²) < 4.78 is 26.5. The van der Waals surface area contributed by atoms with E-state index in [2.05, 4.69) is 15.0 Å². The van der Waals surface area contributed by atoms with E-state index < -0.39 is 47.5 Å². The molecule has 1 aromatic heterocycles. The summed E-state index contributed by atoms with van der Waals surface area (Å²) in [5, 5.41) is 13.5. The van der Waals surface area contributed by atoms with Crippen molar-refractivity contribution >= 4 is 11.8 Å². The maximum atomic E-state index is 15.3. The van der Waals surface area contributed by atoms with Gasteiger partial charge in [-0.3, -0.25) is 9.36 Å². The van der Waals surface area contributed by atoms with Crippen LogP contribution in [0.25, 0.3) is 10.4 Å². The molecule has 1 aliphatic heterocycles. The van der Waals surface area contributed by atoms with Gasteiger partial charge in [0.15, 0.2) is 12.4 Å². The number of halogens is 1. The van der Waals surface area contributed by atoms with Crippen LogP contribution in [-0.2, 0) is 14.3 Å². The number of aromatic nitrogens is 2.